The fourth-order valence-electron chi connectivity index (χ4n) is 4.65. The molecule has 3 aromatic rings. The van der Waals surface area contributed by atoms with Crippen LogP contribution in [0.25, 0.3) is 11.3 Å². The number of aliphatic hydroxyl groups excluding tert-OH is 1. The van der Waals surface area contributed by atoms with Gasteiger partial charge in [0.15, 0.2) is 5.78 Å². The van der Waals surface area contributed by atoms with E-state index in [0.29, 0.717) is 46.0 Å². The number of carbonyl (C=O) groups excluding carboxylic acids is 1. The Hall–Kier alpha value is -3.29. The number of pyridine rings is 1. The maximum absolute atomic E-state index is 13.9. The van der Waals surface area contributed by atoms with Crippen LogP contribution in [0.4, 0.5) is 4.39 Å². The molecule has 190 valence electrons. The lowest BCUT2D eigenvalue weighted by molar-refractivity contribution is -0.00110. The summed E-state index contributed by atoms with van der Waals surface area (Å²) in [4.78, 5) is 17.8. The van der Waals surface area contributed by atoms with Crippen LogP contribution in [0.2, 0.25) is 0 Å². The molecule has 1 atom stereocenters. The Morgan fingerprint density at radius 2 is 1.83 bits per heavy atom. The molecule has 0 spiro atoms. The van der Waals surface area contributed by atoms with Crippen LogP contribution in [0.15, 0.2) is 48.5 Å². The van der Waals surface area contributed by atoms with Crippen molar-refractivity contribution in [2.24, 2.45) is 5.92 Å². The molecular weight excluding hydrogens is 461 g/mol. The van der Waals surface area contributed by atoms with Gasteiger partial charge in [-0.05, 0) is 86.1 Å². The van der Waals surface area contributed by atoms with Crippen molar-refractivity contribution in [3.8, 4) is 22.8 Å². The number of benzene rings is 2. The van der Waals surface area contributed by atoms with Crippen LogP contribution in [-0.4, -0.2) is 41.8 Å². The number of hydrogen-bond acceptors (Lipinski definition) is 6. The predicted octanol–water partition coefficient (Wildman–Crippen LogP) is 5.01. The van der Waals surface area contributed by atoms with E-state index >= 15 is 0 Å². The molecule has 6 nitrogen and oxygen atoms in total. The van der Waals surface area contributed by atoms with Gasteiger partial charge in [-0.1, -0.05) is 12.1 Å². The number of methoxy groups -OCH3 is 2. The minimum Gasteiger partial charge on any atom is -0.496 e. The standard InChI is InChI=1S/C29H32FNO5/c1-18-16-21(6-9-23(18)30)28-25(35-2)10-11-27(31-28)29(34,22-7-8-22)14-12-24(33)20-5-4-19(13-15-32)26(17-20)36-3/h4-6,9-11,16-17,22,32,34H,7-8,12-15H2,1-3H3. The lowest BCUT2D eigenvalue weighted by Crippen LogP contribution is -2.30. The lowest BCUT2D eigenvalue weighted by Gasteiger charge is -2.28. The molecule has 0 bridgehead atoms. The number of halogens is 1. The normalized spacial score (nSPS) is 14.8. The second-order valence-corrected chi connectivity index (χ2v) is 9.33. The Kier molecular flexibility index (Phi) is 7.71. The molecule has 1 aliphatic rings. The van der Waals surface area contributed by atoms with Crippen LogP contribution in [-0.2, 0) is 12.0 Å². The molecule has 0 radical (unpaired) electrons. The van der Waals surface area contributed by atoms with Crippen LogP contribution in [0, 0.1) is 18.7 Å². The first-order chi connectivity index (χ1) is 17.3. The lowest BCUT2D eigenvalue weighted by atomic mass is 9.86. The predicted molar refractivity (Wildman–Crippen MR) is 135 cm³/mol. The monoisotopic (exact) mass is 493 g/mol. The van der Waals surface area contributed by atoms with Gasteiger partial charge >= 0.3 is 0 Å². The molecule has 1 unspecified atom stereocenters. The van der Waals surface area contributed by atoms with Gasteiger partial charge in [-0.3, -0.25) is 4.79 Å². The summed E-state index contributed by atoms with van der Waals surface area (Å²) >= 11 is 0. The first-order valence-electron chi connectivity index (χ1n) is 12.2. The van der Waals surface area contributed by atoms with Crippen LogP contribution in [0.3, 0.4) is 0 Å². The van der Waals surface area contributed by atoms with E-state index in [0.717, 1.165) is 18.4 Å². The van der Waals surface area contributed by atoms with Crippen molar-refractivity contribution in [3.63, 3.8) is 0 Å². The Balaban J connectivity index is 1.61. The summed E-state index contributed by atoms with van der Waals surface area (Å²) in [6.45, 7) is 1.68. The third-order valence-corrected chi connectivity index (χ3v) is 6.93. The van der Waals surface area contributed by atoms with Gasteiger partial charge in [-0.15, -0.1) is 0 Å². The maximum atomic E-state index is 13.9. The fourth-order valence-corrected chi connectivity index (χ4v) is 4.65. The minimum absolute atomic E-state index is 0.00753. The second-order valence-electron chi connectivity index (χ2n) is 9.33. The summed E-state index contributed by atoms with van der Waals surface area (Å²) in [5, 5.41) is 21.0. The summed E-state index contributed by atoms with van der Waals surface area (Å²) in [7, 11) is 3.08. The third-order valence-electron chi connectivity index (χ3n) is 6.93. The molecule has 2 aromatic carbocycles. The first-order valence-corrected chi connectivity index (χ1v) is 12.2. The number of hydrogen-bond donors (Lipinski definition) is 2. The topological polar surface area (TPSA) is 88.9 Å². The van der Waals surface area contributed by atoms with Gasteiger partial charge in [-0.25, -0.2) is 9.37 Å². The van der Waals surface area contributed by atoms with Gasteiger partial charge < -0.3 is 19.7 Å². The van der Waals surface area contributed by atoms with E-state index in [1.165, 1.54) is 13.2 Å². The highest BCUT2D eigenvalue weighted by atomic mass is 19.1. The molecule has 36 heavy (non-hydrogen) atoms. The van der Waals surface area contributed by atoms with Gasteiger partial charge in [-0.2, -0.15) is 0 Å². The van der Waals surface area contributed by atoms with Crippen molar-refractivity contribution in [3.05, 3.63) is 76.7 Å². The molecule has 2 N–H and O–H groups in total. The maximum Gasteiger partial charge on any atom is 0.163 e. The number of aryl methyl sites for hydroxylation is 1. The van der Waals surface area contributed by atoms with Crippen molar-refractivity contribution < 1.29 is 28.9 Å². The molecule has 1 fully saturated rings. The van der Waals surface area contributed by atoms with E-state index < -0.39 is 5.60 Å². The summed E-state index contributed by atoms with van der Waals surface area (Å²) in [5.41, 5.74) is 2.24. The highest BCUT2D eigenvalue weighted by Crippen LogP contribution is 2.49. The second kappa shape index (κ2) is 10.8. The van der Waals surface area contributed by atoms with Gasteiger partial charge in [0, 0.05) is 24.2 Å². The minimum atomic E-state index is -1.27. The summed E-state index contributed by atoms with van der Waals surface area (Å²) in [6, 6.07) is 13.4. The molecule has 0 aliphatic heterocycles. The molecule has 1 aliphatic carbocycles. The quantitative estimate of drug-likeness (QED) is 0.365. The van der Waals surface area contributed by atoms with Gasteiger partial charge in [0.2, 0.25) is 0 Å². The Morgan fingerprint density at radius 3 is 2.47 bits per heavy atom. The average Bonchev–Trinajstić information content (AvgIpc) is 3.75. The number of nitrogens with zero attached hydrogens (tertiary/aromatic N) is 1. The van der Waals surface area contributed by atoms with Crippen molar-refractivity contribution in [1.29, 1.82) is 0 Å². The number of ketones is 1. The molecule has 0 saturated heterocycles. The molecule has 0 amide bonds. The van der Waals surface area contributed by atoms with E-state index in [9.17, 15) is 19.4 Å². The van der Waals surface area contributed by atoms with Gasteiger partial charge in [0.25, 0.3) is 0 Å². The number of Topliss-reactive ketones (excluding diaryl/α,β-unsaturated/α-hetero) is 1. The number of rotatable bonds is 11. The number of ether oxygens (including phenoxy) is 2. The van der Waals surface area contributed by atoms with E-state index in [1.807, 2.05) is 0 Å². The van der Waals surface area contributed by atoms with Crippen LogP contribution in [0.1, 0.15) is 52.9 Å². The first kappa shape index (κ1) is 25.8. The molecule has 1 aromatic heterocycles. The fraction of sp³-hybridized carbons (Fsp3) is 0.379. The number of aromatic nitrogens is 1. The van der Waals surface area contributed by atoms with Gasteiger partial charge in [0.05, 0.1) is 19.9 Å². The molecule has 7 heteroatoms. The number of aliphatic hydroxyl groups is 2. The largest absolute Gasteiger partial charge is 0.496 e. The third kappa shape index (κ3) is 5.27. The van der Waals surface area contributed by atoms with Crippen molar-refractivity contribution in [1.82, 2.24) is 4.98 Å². The molecule has 1 saturated carbocycles. The van der Waals surface area contributed by atoms with E-state index in [4.69, 9.17) is 14.5 Å². The van der Waals surface area contributed by atoms with E-state index in [-0.39, 0.29) is 37.0 Å². The van der Waals surface area contributed by atoms with Crippen LogP contribution >= 0.6 is 0 Å². The summed E-state index contributed by atoms with van der Waals surface area (Å²) in [6.07, 6.45) is 2.50. The highest BCUT2D eigenvalue weighted by Gasteiger charge is 2.46. The molecule has 4 rings (SSSR count). The smallest absolute Gasteiger partial charge is 0.163 e. The van der Waals surface area contributed by atoms with Crippen molar-refractivity contribution in [2.75, 3.05) is 20.8 Å². The Morgan fingerprint density at radius 1 is 1.08 bits per heavy atom. The van der Waals surface area contributed by atoms with E-state index in [1.54, 1.807) is 56.5 Å². The van der Waals surface area contributed by atoms with E-state index in [2.05, 4.69) is 0 Å². The molecule has 1 heterocycles. The van der Waals surface area contributed by atoms with Crippen LogP contribution in [0.5, 0.6) is 11.5 Å². The zero-order chi connectivity index (χ0) is 25.9. The zero-order valence-corrected chi connectivity index (χ0v) is 20.9. The van der Waals surface area contributed by atoms with Crippen molar-refractivity contribution >= 4 is 5.78 Å². The Labute approximate surface area is 210 Å². The van der Waals surface area contributed by atoms with Gasteiger partial charge in [0.1, 0.15) is 28.6 Å². The van der Waals surface area contributed by atoms with Crippen molar-refractivity contribution in [2.45, 2.75) is 44.6 Å². The highest BCUT2D eigenvalue weighted by molar-refractivity contribution is 5.96. The summed E-state index contributed by atoms with van der Waals surface area (Å²) in [5.74, 6) is 0.682. The number of carbonyl (C=O) groups is 1. The molecular formula is C29H32FNO5. The summed E-state index contributed by atoms with van der Waals surface area (Å²) < 4.78 is 24.7. The van der Waals surface area contributed by atoms with Crippen LogP contribution < -0.4 is 9.47 Å². The zero-order valence-electron chi connectivity index (χ0n) is 20.9. The Bertz CT molecular complexity index is 1260. The average molecular weight is 494 g/mol. The SMILES string of the molecule is COc1cc(C(=O)CCC(O)(c2ccc(OC)c(-c3ccc(F)c(C)c3)n2)C2CC2)ccc1CCO.